The number of nitrogens with one attached hydrogen (secondary N) is 2. The molecule has 232 valence electrons. The fourth-order valence-electron chi connectivity index (χ4n) is 4.12. The molecule has 16 heteroatoms. The van der Waals surface area contributed by atoms with Crippen LogP contribution in [0.2, 0.25) is 5.02 Å². The van der Waals surface area contributed by atoms with Crippen molar-refractivity contribution in [1.82, 2.24) is 19.9 Å². The van der Waals surface area contributed by atoms with Crippen LogP contribution in [-0.2, 0) is 9.47 Å². The van der Waals surface area contributed by atoms with E-state index in [-0.39, 0.29) is 12.5 Å². The third-order valence-corrected chi connectivity index (χ3v) is 9.87. The first-order chi connectivity index (χ1) is 20.8. The summed E-state index contributed by atoms with van der Waals surface area (Å²) in [7, 11) is 3.29. The standard InChI is InChI=1S/C27H35ClN8O4S3/c1-18-4-3-5-20(28)24(18)34-25(37)21-17-30-26(43-21)33-22-16-23(32-19(2)31-22)36-9-7-35(8-10-36)11-12-39-27(38)40-13-15-42-41-14-6-29/h3-5,16-17H,6-15,29H2,1-2H3,(H,34,37)(H,30,31,32,33). The summed E-state index contributed by atoms with van der Waals surface area (Å²) in [6.45, 7) is 8.72. The molecule has 1 saturated heterocycles. The van der Waals surface area contributed by atoms with Crippen LogP contribution in [0.4, 0.5) is 27.2 Å². The number of nitrogens with two attached hydrogens (primary N) is 1. The van der Waals surface area contributed by atoms with Crippen molar-refractivity contribution in [3.05, 3.63) is 51.7 Å². The molecule has 0 radical (unpaired) electrons. The number of hydrogen-bond donors (Lipinski definition) is 3. The maximum absolute atomic E-state index is 12.8. The van der Waals surface area contributed by atoms with Crippen LogP contribution < -0.4 is 21.3 Å². The molecule has 4 rings (SSSR count). The highest BCUT2D eigenvalue weighted by atomic mass is 35.5. The van der Waals surface area contributed by atoms with Crippen LogP contribution in [0.3, 0.4) is 0 Å². The van der Waals surface area contributed by atoms with Gasteiger partial charge in [0.05, 0.1) is 16.9 Å². The van der Waals surface area contributed by atoms with E-state index in [0.717, 1.165) is 43.3 Å². The first kappa shape index (κ1) is 33.1. The Kier molecular flexibility index (Phi) is 13.0. The number of rotatable bonds is 14. The van der Waals surface area contributed by atoms with Gasteiger partial charge in [0.25, 0.3) is 5.91 Å². The number of thiazole rings is 1. The van der Waals surface area contributed by atoms with Gasteiger partial charge in [0.1, 0.15) is 35.6 Å². The number of nitrogens with zero attached hydrogens (tertiary/aromatic N) is 5. The molecule has 3 aromatic rings. The number of para-hydroxylation sites is 1. The van der Waals surface area contributed by atoms with Crippen molar-refractivity contribution >= 4 is 79.0 Å². The second-order valence-electron chi connectivity index (χ2n) is 9.41. The molecule has 43 heavy (non-hydrogen) atoms. The molecule has 0 saturated carbocycles. The molecule has 0 atom stereocenters. The van der Waals surface area contributed by atoms with Crippen LogP contribution >= 0.6 is 44.5 Å². The molecule has 1 aromatic carbocycles. The Bertz CT molecular complexity index is 1350. The van der Waals surface area contributed by atoms with E-state index in [1.165, 1.54) is 17.5 Å². The lowest BCUT2D eigenvalue weighted by molar-refractivity contribution is 0.0515. The molecule has 0 bridgehead atoms. The smallest absolute Gasteiger partial charge is 0.433 e. The number of piperazine rings is 1. The van der Waals surface area contributed by atoms with Crippen LogP contribution in [-0.4, -0.2) is 95.9 Å². The van der Waals surface area contributed by atoms with Gasteiger partial charge < -0.3 is 30.7 Å². The second-order valence-corrected chi connectivity index (χ2v) is 13.5. The highest BCUT2D eigenvalue weighted by molar-refractivity contribution is 8.76. The third kappa shape index (κ3) is 10.4. The molecule has 3 heterocycles. The van der Waals surface area contributed by atoms with Gasteiger partial charge in [0.15, 0.2) is 5.13 Å². The molecule has 1 fully saturated rings. The van der Waals surface area contributed by atoms with Crippen molar-refractivity contribution in [2.24, 2.45) is 5.73 Å². The topological polar surface area (TPSA) is 148 Å². The zero-order valence-corrected chi connectivity index (χ0v) is 27.2. The molecule has 1 aliphatic heterocycles. The Balaban J connectivity index is 1.22. The number of halogens is 1. The number of amides is 1. The van der Waals surface area contributed by atoms with E-state index in [9.17, 15) is 9.59 Å². The molecule has 2 aromatic heterocycles. The second kappa shape index (κ2) is 16.9. The summed E-state index contributed by atoms with van der Waals surface area (Å²) in [6, 6.07) is 7.34. The van der Waals surface area contributed by atoms with E-state index < -0.39 is 6.16 Å². The fraction of sp³-hybridized carbons (Fsp3) is 0.444. The van der Waals surface area contributed by atoms with Crippen molar-refractivity contribution in [2.45, 2.75) is 13.8 Å². The number of aryl methyl sites for hydroxylation is 2. The van der Waals surface area contributed by atoms with Gasteiger partial charge in [0, 0.05) is 56.8 Å². The molecular weight excluding hydrogens is 632 g/mol. The van der Waals surface area contributed by atoms with Crippen LogP contribution in [0.15, 0.2) is 30.5 Å². The predicted molar refractivity (Wildman–Crippen MR) is 176 cm³/mol. The van der Waals surface area contributed by atoms with Gasteiger partial charge in [-0.3, -0.25) is 9.69 Å². The number of carbonyl (C=O) groups excluding carboxylic acids is 2. The lowest BCUT2D eigenvalue weighted by Crippen LogP contribution is -2.47. The summed E-state index contributed by atoms with van der Waals surface area (Å²) < 4.78 is 10.3. The Morgan fingerprint density at radius 3 is 2.63 bits per heavy atom. The van der Waals surface area contributed by atoms with Crippen LogP contribution in [0.1, 0.15) is 21.1 Å². The fourth-order valence-corrected chi connectivity index (χ4v) is 6.79. The van der Waals surface area contributed by atoms with Crippen LogP contribution in [0.5, 0.6) is 0 Å². The van der Waals surface area contributed by atoms with Gasteiger partial charge in [-0.15, -0.1) is 0 Å². The maximum Gasteiger partial charge on any atom is 0.508 e. The minimum Gasteiger partial charge on any atom is -0.433 e. The lowest BCUT2D eigenvalue weighted by Gasteiger charge is -2.35. The van der Waals surface area contributed by atoms with Crippen LogP contribution in [0.25, 0.3) is 0 Å². The molecule has 4 N–H and O–H groups in total. The minimum absolute atomic E-state index is 0.278. The Hall–Kier alpha value is -2.82. The average Bonchev–Trinajstić information content (AvgIpc) is 3.45. The first-order valence-electron chi connectivity index (χ1n) is 13.7. The first-order valence-corrected chi connectivity index (χ1v) is 17.4. The van der Waals surface area contributed by atoms with E-state index in [0.29, 0.717) is 57.8 Å². The van der Waals surface area contributed by atoms with Gasteiger partial charge in [-0.05, 0) is 25.5 Å². The monoisotopic (exact) mass is 666 g/mol. The van der Waals surface area contributed by atoms with Gasteiger partial charge in [-0.1, -0.05) is 56.7 Å². The highest BCUT2D eigenvalue weighted by Gasteiger charge is 2.20. The van der Waals surface area contributed by atoms with Gasteiger partial charge in [-0.2, -0.15) is 0 Å². The van der Waals surface area contributed by atoms with E-state index in [2.05, 4.69) is 35.4 Å². The zero-order valence-electron chi connectivity index (χ0n) is 24.0. The third-order valence-electron chi connectivity index (χ3n) is 6.24. The Labute approximate surface area is 267 Å². The van der Waals surface area contributed by atoms with Gasteiger partial charge >= 0.3 is 6.16 Å². The summed E-state index contributed by atoms with van der Waals surface area (Å²) in [5.41, 5.74) is 6.91. The molecule has 0 unspecified atom stereocenters. The Morgan fingerprint density at radius 2 is 1.86 bits per heavy atom. The summed E-state index contributed by atoms with van der Waals surface area (Å²) >= 11 is 7.48. The molecule has 0 spiro atoms. The predicted octanol–water partition coefficient (Wildman–Crippen LogP) is 4.81. The van der Waals surface area contributed by atoms with Gasteiger partial charge in [-0.25, -0.2) is 19.7 Å². The van der Waals surface area contributed by atoms with Crippen molar-refractivity contribution in [3.8, 4) is 0 Å². The number of benzene rings is 1. The lowest BCUT2D eigenvalue weighted by atomic mass is 10.2. The highest BCUT2D eigenvalue weighted by Crippen LogP contribution is 2.28. The number of aromatic nitrogens is 3. The summed E-state index contributed by atoms with van der Waals surface area (Å²) in [5.74, 6) is 3.31. The maximum atomic E-state index is 12.8. The average molecular weight is 667 g/mol. The molecule has 12 nitrogen and oxygen atoms in total. The Morgan fingerprint density at radius 1 is 1.09 bits per heavy atom. The SMILES string of the molecule is Cc1nc(Nc2ncc(C(=O)Nc3c(C)cccc3Cl)s2)cc(N2CCN(CCOC(=O)OCCSSCCN)CC2)n1. The summed E-state index contributed by atoms with van der Waals surface area (Å²) in [5, 5.41) is 7.10. The van der Waals surface area contributed by atoms with Crippen molar-refractivity contribution < 1.29 is 19.1 Å². The largest absolute Gasteiger partial charge is 0.508 e. The molecular formula is C27H35ClN8O4S3. The quantitative estimate of drug-likeness (QED) is 0.123. The number of hydrogen-bond acceptors (Lipinski definition) is 14. The zero-order chi connectivity index (χ0) is 30.6. The van der Waals surface area contributed by atoms with Crippen molar-refractivity contribution in [3.63, 3.8) is 0 Å². The normalized spacial score (nSPS) is 13.5. The van der Waals surface area contributed by atoms with Crippen LogP contribution in [0, 0.1) is 13.8 Å². The summed E-state index contributed by atoms with van der Waals surface area (Å²) in [6.07, 6.45) is 0.887. The molecule has 1 aliphatic rings. The molecule has 0 aliphatic carbocycles. The molecule has 1 amide bonds. The number of anilines is 4. The van der Waals surface area contributed by atoms with E-state index in [1.807, 2.05) is 32.0 Å². The summed E-state index contributed by atoms with van der Waals surface area (Å²) in [4.78, 5) is 42.9. The van der Waals surface area contributed by atoms with Gasteiger partial charge in [0.2, 0.25) is 0 Å². The minimum atomic E-state index is -0.636. The van der Waals surface area contributed by atoms with E-state index >= 15 is 0 Å². The van der Waals surface area contributed by atoms with Crippen molar-refractivity contribution in [2.75, 3.05) is 79.5 Å². The van der Waals surface area contributed by atoms with E-state index in [4.69, 9.17) is 26.8 Å². The number of ether oxygens (including phenoxy) is 2. The van der Waals surface area contributed by atoms with E-state index in [1.54, 1.807) is 27.7 Å². The number of carbonyl (C=O) groups is 2. The van der Waals surface area contributed by atoms with Crippen molar-refractivity contribution in [1.29, 1.82) is 0 Å².